The highest BCUT2D eigenvalue weighted by molar-refractivity contribution is 8.13. The number of anilines is 1. The van der Waals surface area contributed by atoms with Gasteiger partial charge in [0.2, 0.25) is 11.8 Å². The predicted octanol–water partition coefficient (Wildman–Crippen LogP) is 3.94. The third kappa shape index (κ3) is 15.3. The largest absolute Gasteiger partial charge is 0.481 e. The van der Waals surface area contributed by atoms with Crippen LogP contribution in [0, 0.1) is 28.1 Å². The Labute approximate surface area is 421 Å². The van der Waals surface area contributed by atoms with Gasteiger partial charge < -0.3 is 56.0 Å². The summed E-state index contributed by atoms with van der Waals surface area (Å²) in [5, 5.41) is 36.4. The third-order valence-corrected chi connectivity index (χ3v) is 17.9. The lowest BCUT2D eigenvalue weighted by atomic mass is 9.55. The number of ether oxygens (including phenoxy) is 1. The number of hydrogen-bond acceptors (Lipinski definition) is 19. The molecule has 2 aromatic heterocycles. The van der Waals surface area contributed by atoms with Crippen molar-refractivity contribution in [1.82, 2.24) is 30.2 Å². The van der Waals surface area contributed by atoms with E-state index in [0.717, 1.165) is 53.7 Å². The van der Waals surface area contributed by atoms with Gasteiger partial charge in [-0.25, -0.2) is 28.6 Å². The van der Waals surface area contributed by atoms with Gasteiger partial charge in [-0.05, 0) is 79.3 Å². The van der Waals surface area contributed by atoms with Crippen LogP contribution in [0.5, 0.6) is 0 Å². The highest BCUT2D eigenvalue weighted by Gasteiger charge is 2.51. The monoisotopic (exact) mass is 1100 g/mol. The number of nitrogens with two attached hydrogens (primary N) is 1. The Hall–Kier alpha value is -3.00. The van der Waals surface area contributed by atoms with Gasteiger partial charge in [-0.2, -0.15) is 4.31 Å². The van der Waals surface area contributed by atoms with Crippen molar-refractivity contribution in [3.63, 3.8) is 0 Å². The standard InChI is InChI=1S/C23H38N7O17P3S.C20H32O/c1-12(31)51-7-6-25-14(32)4-5-26-21(35)18(34)23(2,3)9-44-50(41,42)47-49(39,40)43-8-13-17(46-48(36,37)38)16(33)22(45-13)30-11-29-15-19(24)27-10-28-20(15)30;1-13-6-7-15-12-17-14(2)18(21)9-11-20(17,5)10-8-16(13)19(15,3)4/h10-11,13,16-18,22,33-34H,4-9H2,1-3H3,(H,25,32)(H,26,35)(H,39,40)(H,41,42)(H2,24,27,28)(H2,36,37,38);12-13,16,18,21H,6-11H2,1-5H3/b;15-12-/t13-,16-,17-,18+,22-;13-,16+,18?,20-/m11/s1. The molecule has 4 aliphatic rings. The molecule has 11 atom stereocenters. The smallest absolute Gasteiger partial charge is 0.389 e. The van der Waals surface area contributed by atoms with E-state index < -0.39 is 84.6 Å². The zero-order valence-electron chi connectivity index (χ0n) is 41.6. The summed E-state index contributed by atoms with van der Waals surface area (Å²) in [5.74, 6) is 0.586. The number of nitrogen functional groups attached to an aromatic ring is 1. The number of hydrogen-bond donors (Lipinski definition) is 10. The van der Waals surface area contributed by atoms with Crippen molar-refractivity contribution < 1.29 is 85.6 Å². The lowest BCUT2D eigenvalue weighted by Crippen LogP contribution is -2.46. The molecule has 3 aliphatic carbocycles. The molecule has 72 heavy (non-hydrogen) atoms. The van der Waals surface area contributed by atoms with Crippen LogP contribution in [0.15, 0.2) is 35.4 Å². The fraction of sp³-hybridized carbons (Fsp3) is 0.721. The molecule has 2 amide bonds. The van der Waals surface area contributed by atoms with Gasteiger partial charge in [0.05, 0.1) is 25.6 Å². The second kappa shape index (κ2) is 23.9. The first-order chi connectivity index (χ1) is 33.3. The summed E-state index contributed by atoms with van der Waals surface area (Å²) in [6.45, 7) is 13.9. The average molecular weight is 1100 g/mol. The molecule has 3 unspecified atom stereocenters. The quantitative estimate of drug-likeness (QED) is 0.0703. The second-order valence-electron chi connectivity index (χ2n) is 20.2. The molecular formula is C43H70N7O18P3S. The number of aliphatic hydroxyl groups is 3. The zero-order valence-corrected chi connectivity index (χ0v) is 45.1. The lowest BCUT2D eigenvalue weighted by molar-refractivity contribution is -0.137. The lowest BCUT2D eigenvalue weighted by Gasteiger charge is -2.50. The first-order valence-electron chi connectivity index (χ1n) is 23.4. The normalized spacial score (nSPS) is 29.2. The average Bonchev–Trinajstić information content (AvgIpc) is 3.84. The van der Waals surface area contributed by atoms with E-state index in [1.54, 1.807) is 5.57 Å². The number of carbonyl (C=O) groups excluding carboxylic acids is 3. The Morgan fingerprint density at radius 1 is 1.00 bits per heavy atom. The minimum absolute atomic E-state index is 0.0310. The molecule has 29 heteroatoms. The maximum absolute atomic E-state index is 12.6. The number of rotatable bonds is 19. The maximum atomic E-state index is 12.6. The summed E-state index contributed by atoms with van der Waals surface area (Å²) >= 11 is 1.03. The van der Waals surface area contributed by atoms with Crippen LogP contribution < -0.4 is 16.4 Å². The molecule has 406 valence electrons. The molecular weight excluding hydrogens is 1030 g/mol. The number of thioether (sulfide) groups is 1. The molecule has 11 N–H and O–H groups in total. The van der Waals surface area contributed by atoms with E-state index in [2.05, 4.69) is 75.1 Å². The van der Waals surface area contributed by atoms with Crippen molar-refractivity contribution in [2.24, 2.45) is 28.1 Å². The van der Waals surface area contributed by atoms with Crippen molar-refractivity contribution in [3.8, 4) is 0 Å². The summed E-state index contributed by atoms with van der Waals surface area (Å²) in [6, 6.07) is 0. The molecule has 2 fully saturated rings. The van der Waals surface area contributed by atoms with Crippen LogP contribution in [0.2, 0.25) is 0 Å². The Kier molecular flexibility index (Phi) is 19.9. The summed E-state index contributed by atoms with van der Waals surface area (Å²) in [6.07, 6.45) is 2.71. The first kappa shape index (κ1) is 59.9. The van der Waals surface area contributed by atoms with E-state index in [1.807, 2.05) is 0 Å². The summed E-state index contributed by atoms with van der Waals surface area (Å²) in [7, 11) is -16.4. The van der Waals surface area contributed by atoms with Gasteiger partial charge in [-0.1, -0.05) is 65.0 Å². The fourth-order valence-electron chi connectivity index (χ4n) is 9.74. The topological polar surface area (TPSA) is 384 Å². The number of fused-ring (bicyclic) bond motifs is 4. The number of aromatic nitrogens is 4. The minimum atomic E-state index is -5.56. The van der Waals surface area contributed by atoms with Gasteiger partial charge in [0, 0.05) is 37.6 Å². The van der Waals surface area contributed by atoms with Crippen molar-refractivity contribution in [2.75, 3.05) is 37.8 Å². The number of aliphatic hydroxyl groups excluding tert-OH is 3. The Morgan fingerprint density at radius 3 is 2.33 bits per heavy atom. The minimum Gasteiger partial charge on any atom is -0.389 e. The fourth-order valence-corrected chi connectivity index (χ4v) is 13.1. The van der Waals surface area contributed by atoms with Gasteiger partial charge in [0.1, 0.15) is 36.3 Å². The van der Waals surface area contributed by atoms with E-state index in [0.29, 0.717) is 16.6 Å². The molecule has 1 saturated heterocycles. The maximum Gasteiger partial charge on any atom is 0.481 e. The van der Waals surface area contributed by atoms with Crippen molar-refractivity contribution >= 4 is 69.1 Å². The SMILES string of the molecule is CC(=O)SCCNC(=O)CCNC(=O)[C@H](O)C(C)(C)COP(=O)(O)OP(=O)(O)OC[C@H]1O[C@@H](n2cnc3c(N)ncnc32)[C@H](O)[C@@H]1OP(=O)(O)O.CC1=C2/C=C3/CC[C@@H](C)[C@H](CC[C@]2(C)CCC1O)C3(C)C. The van der Waals surface area contributed by atoms with Crippen molar-refractivity contribution in [1.29, 1.82) is 0 Å². The van der Waals surface area contributed by atoms with Crippen LogP contribution in [0.1, 0.15) is 107 Å². The van der Waals surface area contributed by atoms with Gasteiger partial charge >= 0.3 is 23.5 Å². The number of phosphoric acid groups is 3. The van der Waals surface area contributed by atoms with Crippen LogP contribution in [-0.2, 0) is 50.7 Å². The Bertz CT molecular complexity index is 2500. The molecule has 1 aliphatic heterocycles. The number of carbonyl (C=O) groups is 3. The van der Waals surface area contributed by atoms with E-state index in [1.165, 1.54) is 57.6 Å². The van der Waals surface area contributed by atoms with Crippen molar-refractivity contribution in [2.45, 2.75) is 137 Å². The van der Waals surface area contributed by atoms with Gasteiger partial charge in [-0.15, -0.1) is 0 Å². The van der Waals surface area contributed by atoms with Crippen molar-refractivity contribution in [3.05, 3.63) is 35.4 Å². The molecule has 0 spiro atoms. The Morgan fingerprint density at radius 2 is 1.67 bits per heavy atom. The summed E-state index contributed by atoms with van der Waals surface area (Å²) in [4.78, 5) is 85.9. The van der Waals surface area contributed by atoms with Gasteiger partial charge in [-0.3, -0.25) is 32.5 Å². The summed E-state index contributed by atoms with van der Waals surface area (Å²) < 4.78 is 61.8. The molecule has 0 radical (unpaired) electrons. The molecule has 2 bridgehead atoms. The molecule has 1 saturated carbocycles. The molecule has 25 nitrogen and oxygen atoms in total. The Balaban J connectivity index is 0.000000377. The van der Waals surface area contributed by atoms with E-state index >= 15 is 0 Å². The highest BCUT2D eigenvalue weighted by Crippen LogP contribution is 2.61. The first-order valence-corrected chi connectivity index (χ1v) is 28.9. The highest BCUT2D eigenvalue weighted by atomic mass is 32.2. The number of amides is 2. The van der Waals surface area contributed by atoms with E-state index in [4.69, 9.17) is 19.5 Å². The van der Waals surface area contributed by atoms with Crippen LogP contribution >= 0.6 is 35.2 Å². The molecule has 3 heterocycles. The van der Waals surface area contributed by atoms with Crippen LogP contribution in [0.3, 0.4) is 0 Å². The number of nitrogens with one attached hydrogen (secondary N) is 2. The molecule has 6 rings (SSSR count). The van der Waals surface area contributed by atoms with E-state index in [9.17, 15) is 63.0 Å². The number of phosphoric ester groups is 3. The predicted molar refractivity (Wildman–Crippen MR) is 262 cm³/mol. The summed E-state index contributed by atoms with van der Waals surface area (Å²) in [5.41, 5.74) is 9.23. The number of imidazole rings is 1. The van der Waals surface area contributed by atoms with Crippen LogP contribution in [-0.4, -0.2) is 134 Å². The second-order valence-corrected chi connectivity index (χ2v) is 25.7. The molecule has 2 aromatic rings. The number of allylic oxidation sites excluding steroid dienone is 3. The number of nitrogens with zero attached hydrogens (tertiary/aromatic N) is 4. The van der Waals surface area contributed by atoms with Gasteiger partial charge in [0.15, 0.2) is 22.8 Å². The van der Waals surface area contributed by atoms with Crippen LogP contribution in [0.4, 0.5) is 5.82 Å². The van der Waals surface area contributed by atoms with Gasteiger partial charge in [0.25, 0.3) is 0 Å². The van der Waals surface area contributed by atoms with E-state index in [-0.39, 0.29) is 47.7 Å². The third-order valence-electron chi connectivity index (χ3n) is 14.0. The van der Waals surface area contributed by atoms with Crippen LogP contribution in [0.25, 0.3) is 11.2 Å². The zero-order chi connectivity index (χ0) is 53.8. The molecule has 0 aromatic carbocycles.